The SMILES string of the molecule is Cn1nccc1-n1nc(CC(N)=O)nc1-c1cccc2n[nH]nc12. The lowest BCUT2D eigenvalue weighted by Gasteiger charge is -2.06. The fourth-order valence-electron chi connectivity index (χ4n) is 2.54. The molecule has 0 saturated carbocycles. The summed E-state index contributed by atoms with van der Waals surface area (Å²) in [5, 5.41) is 19.4. The first-order chi connectivity index (χ1) is 11.6. The molecule has 0 aliphatic carbocycles. The molecule has 0 bridgehead atoms. The number of rotatable bonds is 4. The minimum atomic E-state index is -0.497. The zero-order valence-electron chi connectivity index (χ0n) is 12.7. The van der Waals surface area contributed by atoms with Crippen LogP contribution in [0.25, 0.3) is 28.2 Å². The van der Waals surface area contributed by atoms with Crippen LogP contribution in [0, 0.1) is 0 Å². The molecule has 120 valence electrons. The van der Waals surface area contributed by atoms with Crippen molar-refractivity contribution in [3.63, 3.8) is 0 Å². The summed E-state index contributed by atoms with van der Waals surface area (Å²) >= 11 is 0. The Morgan fingerprint density at radius 2 is 2.17 bits per heavy atom. The molecule has 0 saturated heterocycles. The van der Waals surface area contributed by atoms with E-state index in [0.29, 0.717) is 28.5 Å². The second-order valence-corrected chi connectivity index (χ2v) is 5.22. The van der Waals surface area contributed by atoms with E-state index in [1.54, 1.807) is 28.7 Å². The van der Waals surface area contributed by atoms with Gasteiger partial charge in [0.15, 0.2) is 17.5 Å². The molecule has 1 aromatic carbocycles. The van der Waals surface area contributed by atoms with E-state index in [1.165, 1.54) is 0 Å². The van der Waals surface area contributed by atoms with Crippen LogP contribution < -0.4 is 5.73 Å². The normalized spacial score (nSPS) is 11.2. The van der Waals surface area contributed by atoms with Crippen LogP contribution in [0.3, 0.4) is 0 Å². The number of carbonyl (C=O) groups is 1. The van der Waals surface area contributed by atoms with E-state index >= 15 is 0 Å². The maximum absolute atomic E-state index is 11.2. The molecule has 0 aliphatic rings. The second-order valence-electron chi connectivity index (χ2n) is 5.22. The number of aromatic nitrogens is 8. The summed E-state index contributed by atoms with van der Waals surface area (Å²) in [6.07, 6.45) is 1.61. The van der Waals surface area contributed by atoms with E-state index in [0.717, 1.165) is 5.56 Å². The van der Waals surface area contributed by atoms with Crippen LogP contribution in [0.5, 0.6) is 0 Å². The topological polar surface area (TPSA) is 133 Å². The first-order valence-electron chi connectivity index (χ1n) is 7.16. The number of H-pyrrole nitrogens is 1. The van der Waals surface area contributed by atoms with Crippen LogP contribution in [0.1, 0.15) is 5.82 Å². The molecule has 4 aromatic rings. The number of carbonyl (C=O) groups excluding carboxylic acids is 1. The van der Waals surface area contributed by atoms with Gasteiger partial charge in [0.1, 0.15) is 11.0 Å². The molecule has 0 atom stereocenters. The zero-order valence-corrected chi connectivity index (χ0v) is 12.7. The molecule has 0 radical (unpaired) electrons. The molecule has 0 fully saturated rings. The molecule has 0 unspecified atom stereocenters. The number of fused-ring (bicyclic) bond motifs is 1. The molecule has 3 N–H and O–H groups in total. The van der Waals surface area contributed by atoms with E-state index in [9.17, 15) is 4.79 Å². The van der Waals surface area contributed by atoms with Crippen molar-refractivity contribution in [1.82, 2.24) is 40.0 Å². The van der Waals surface area contributed by atoms with Gasteiger partial charge in [-0.15, -0.1) is 5.10 Å². The number of hydrogen-bond acceptors (Lipinski definition) is 6. The Kier molecular flexibility index (Phi) is 3.08. The van der Waals surface area contributed by atoms with Crippen molar-refractivity contribution in [2.45, 2.75) is 6.42 Å². The third-order valence-corrected chi connectivity index (χ3v) is 3.58. The highest BCUT2D eigenvalue weighted by Gasteiger charge is 2.19. The van der Waals surface area contributed by atoms with Crippen LogP contribution in [0.4, 0.5) is 0 Å². The predicted molar refractivity (Wildman–Crippen MR) is 83.9 cm³/mol. The van der Waals surface area contributed by atoms with Crippen LogP contribution in [-0.2, 0) is 18.3 Å². The first kappa shape index (κ1) is 14.1. The summed E-state index contributed by atoms with van der Waals surface area (Å²) in [6, 6.07) is 7.37. The van der Waals surface area contributed by atoms with E-state index < -0.39 is 5.91 Å². The fraction of sp³-hybridized carbons (Fsp3) is 0.143. The van der Waals surface area contributed by atoms with Crippen molar-refractivity contribution < 1.29 is 4.79 Å². The highest BCUT2D eigenvalue weighted by atomic mass is 16.1. The van der Waals surface area contributed by atoms with Gasteiger partial charge in [0.25, 0.3) is 0 Å². The van der Waals surface area contributed by atoms with Gasteiger partial charge in [0.2, 0.25) is 5.91 Å². The Morgan fingerprint density at radius 3 is 2.92 bits per heavy atom. The average Bonchev–Trinajstić information content (AvgIpc) is 3.24. The maximum Gasteiger partial charge on any atom is 0.225 e. The predicted octanol–water partition coefficient (Wildman–Crippen LogP) is -0.0331. The molecule has 24 heavy (non-hydrogen) atoms. The van der Waals surface area contributed by atoms with Gasteiger partial charge in [-0.2, -0.15) is 25.2 Å². The van der Waals surface area contributed by atoms with E-state index in [1.807, 2.05) is 18.2 Å². The second kappa shape index (κ2) is 5.26. The molecule has 1 amide bonds. The Morgan fingerprint density at radius 1 is 1.29 bits per heavy atom. The highest BCUT2D eigenvalue weighted by molar-refractivity contribution is 5.89. The van der Waals surface area contributed by atoms with Crippen molar-refractivity contribution in [2.75, 3.05) is 0 Å². The molecule has 0 aliphatic heterocycles. The maximum atomic E-state index is 11.2. The van der Waals surface area contributed by atoms with Crippen molar-refractivity contribution >= 4 is 16.9 Å². The summed E-state index contributed by atoms with van der Waals surface area (Å²) in [6.45, 7) is 0. The number of hydrogen-bond donors (Lipinski definition) is 2. The largest absolute Gasteiger partial charge is 0.369 e. The van der Waals surface area contributed by atoms with Crippen molar-refractivity contribution in [3.8, 4) is 17.2 Å². The van der Waals surface area contributed by atoms with Gasteiger partial charge in [0.05, 0.1) is 12.6 Å². The number of aryl methyl sites for hydroxylation is 1. The van der Waals surface area contributed by atoms with Crippen molar-refractivity contribution in [1.29, 1.82) is 0 Å². The average molecular weight is 323 g/mol. The smallest absolute Gasteiger partial charge is 0.225 e. The number of amides is 1. The van der Waals surface area contributed by atoms with Crippen molar-refractivity contribution in [2.24, 2.45) is 12.8 Å². The van der Waals surface area contributed by atoms with Crippen LogP contribution >= 0.6 is 0 Å². The van der Waals surface area contributed by atoms with E-state index in [-0.39, 0.29) is 6.42 Å². The Labute approximate surface area is 135 Å². The van der Waals surface area contributed by atoms with Gasteiger partial charge < -0.3 is 5.73 Å². The first-order valence-corrected chi connectivity index (χ1v) is 7.16. The quantitative estimate of drug-likeness (QED) is 0.541. The van der Waals surface area contributed by atoms with E-state index in [4.69, 9.17) is 5.73 Å². The highest BCUT2D eigenvalue weighted by Crippen LogP contribution is 2.26. The molecule has 0 spiro atoms. The molecule has 3 aromatic heterocycles. The molecule has 3 heterocycles. The molecular formula is C14H13N9O. The summed E-state index contributed by atoms with van der Waals surface area (Å²) in [5.41, 5.74) is 7.39. The molecule has 4 rings (SSSR count). The lowest BCUT2D eigenvalue weighted by Crippen LogP contribution is -2.15. The number of nitrogens with one attached hydrogen (secondary N) is 1. The van der Waals surface area contributed by atoms with Crippen molar-refractivity contribution in [3.05, 3.63) is 36.3 Å². The number of benzene rings is 1. The fourth-order valence-corrected chi connectivity index (χ4v) is 2.54. The number of nitrogens with two attached hydrogens (primary N) is 1. The van der Waals surface area contributed by atoms with Gasteiger partial charge in [-0.25, -0.2) is 4.98 Å². The third-order valence-electron chi connectivity index (χ3n) is 3.58. The Bertz CT molecular complexity index is 1040. The number of nitrogens with zero attached hydrogens (tertiary/aromatic N) is 7. The lowest BCUT2D eigenvalue weighted by molar-refractivity contribution is -0.117. The molecule has 10 heteroatoms. The van der Waals surface area contributed by atoms with Gasteiger partial charge in [-0.1, -0.05) is 6.07 Å². The third kappa shape index (κ3) is 2.20. The van der Waals surface area contributed by atoms with Gasteiger partial charge in [-0.05, 0) is 12.1 Å². The Hall–Kier alpha value is -3.56. The minimum absolute atomic E-state index is 0.0490. The van der Waals surface area contributed by atoms with Crippen LogP contribution in [0.2, 0.25) is 0 Å². The van der Waals surface area contributed by atoms with Gasteiger partial charge in [0, 0.05) is 18.7 Å². The zero-order chi connectivity index (χ0) is 16.7. The monoisotopic (exact) mass is 323 g/mol. The van der Waals surface area contributed by atoms with Gasteiger partial charge >= 0.3 is 0 Å². The molecular weight excluding hydrogens is 310 g/mol. The number of para-hydroxylation sites is 1. The summed E-state index contributed by atoms with van der Waals surface area (Å²) in [7, 11) is 1.80. The molecule has 10 nitrogen and oxygen atoms in total. The number of aromatic amines is 1. The standard InChI is InChI=1S/C14H13N9O/c1-22-12(5-6-16-22)23-14(17-11(20-23)7-10(15)24)8-3-2-4-9-13(8)19-21-18-9/h2-6H,7H2,1H3,(H2,15,24)(H,18,19,21). The Balaban J connectivity index is 1.96. The van der Waals surface area contributed by atoms with Crippen LogP contribution in [-0.4, -0.2) is 45.9 Å². The summed E-state index contributed by atoms with van der Waals surface area (Å²) < 4.78 is 3.28. The lowest BCUT2D eigenvalue weighted by atomic mass is 10.1. The van der Waals surface area contributed by atoms with Crippen LogP contribution in [0.15, 0.2) is 30.5 Å². The summed E-state index contributed by atoms with van der Waals surface area (Å²) in [4.78, 5) is 15.7. The minimum Gasteiger partial charge on any atom is -0.369 e. The summed E-state index contributed by atoms with van der Waals surface area (Å²) in [5.74, 6) is 1.07. The number of primary amides is 1. The van der Waals surface area contributed by atoms with E-state index in [2.05, 4.69) is 30.6 Å². The van der Waals surface area contributed by atoms with Gasteiger partial charge in [-0.3, -0.25) is 9.48 Å².